The van der Waals surface area contributed by atoms with Crippen LogP contribution in [0.3, 0.4) is 0 Å². The van der Waals surface area contributed by atoms with Crippen molar-refractivity contribution in [3.05, 3.63) is 71.5 Å². The molecule has 2 aromatic carbocycles. The molecule has 0 unspecified atom stereocenters. The first-order valence-electron chi connectivity index (χ1n) is 11.8. The summed E-state index contributed by atoms with van der Waals surface area (Å²) in [4.78, 5) is 9.62. The highest BCUT2D eigenvalue weighted by molar-refractivity contribution is 6.11. The van der Waals surface area contributed by atoms with E-state index < -0.39 is 0 Å². The molecule has 1 N–H and O–H groups in total. The van der Waals surface area contributed by atoms with E-state index in [0.717, 1.165) is 33.1 Å². The van der Waals surface area contributed by atoms with Crippen LogP contribution in [0.5, 0.6) is 5.75 Å². The minimum atomic E-state index is 0.233. The molecule has 0 radical (unpaired) electrons. The zero-order chi connectivity index (χ0) is 23.4. The third-order valence-corrected chi connectivity index (χ3v) is 6.68. The maximum Gasteiger partial charge on any atom is 0.145 e. The molecule has 0 spiro atoms. The van der Waals surface area contributed by atoms with Gasteiger partial charge in [-0.2, -0.15) is 0 Å². The molecule has 4 nitrogen and oxygen atoms in total. The largest absolute Gasteiger partial charge is 0.508 e. The molecule has 3 aromatic heterocycles. The number of nitrogens with zero attached hydrogens (tertiary/aromatic N) is 3. The fraction of sp³-hybridized carbons (Fsp3) is 0.310. The van der Waals surface area contributed by atoms with Crippen molar-refractivity contribution >= 4 is 27.5 Å². The Morgan fingerprint density at radius 1 is 0.788 bits per heavy atom. The highest BCUT2D eigenvalue weighted by Crippen LogP contribution is 2.41. The topological polar surface area (TPSA) is 50.4 Å². The van der Waals surface area contributed by atoms with E-state index in [4.69, 9.17) is 9.97 Å². The van der Waals surface area contributed by atoms with Crippen molar-refractivity contribution in [2.24, 2.45) is 0 Å². The maximum absolute atomic E-state index is 10.2. The maximum atomic E-state index is 10.2. The van der Waals surface area contributed by atoms with Crippen LogP contribution in [0, 0.1) is 0 Å². The van der Waals surface area contributed by atoms with Crippen LogP contribution in [0.1, 0.15) is 76.0 Å². The van der Waals surface area contributed by atoms with Crippen LogP contribution in [0.2, 0.25) is 0 Å². The van der Waals surface area contributed by atoms with Gasteiger partial charge in [0.1, 0.15) is 11.4 Å². The number of rotatable bonds is 4. The van der Waals surface area contributed by atoms with E-state index in [2.05, 4.69) is 64.1 Å². The van der Waals surface area contributed by atoms with E-state index in [1.54, 1.807) is 12.1 Å². The van der Waals surface area contributed by atoms with Gasteiger partial charge in [-0.05, 0) is 64.8 Å². The lowest BCUT2D eigenvalue weighted by molar-refractivity contribution is 0.476. The molecule has 0 fully saturated rings. The van der Waals surface area contributed by atoms with E-state index in [9.17, 15) is 5.11 Å². The molecule has 4 heteroatoms. The highest BCUT2D eigenvalue weighted by atomic mass is 16.3. The Morgan fingerprint density at radius 2 is 1.48 bits per heavy atom. The molecule has 5 rings (SSSR count). The third-order valence-electron chi connectivity index (χ3n) is 6.68. The fourth-order valence-corrected chi connectivity index (χ4v) is 4.92. The minimum absolute atomic E-state index is 0.233. The number of fused-ring (bicyclic) bond motifs is 6. The molecule has 0 atom stereocenters. The van der Waals surface area contributed by atoms with Crippen LogP contribution < -0.4 is 0 Å². The molecular formula is C29H31N3O. The predicted molar refractivity (Wildman–Crippen MR) is 137 cm³/mol. The van der Waals surface area contributed by atoms with Gasteiger partial charge in [-0.3, -0.25) is 9.38 Å². The molecule has 0 saturated carbocycles. The van der Waals surface area contributed by atoms with Crippen molar-refractivity contribution < 1.29 is 5.11 Å². The zero-order valence-electron chi connectivity index (χ0n) is 20.2. The summed E-state index contributed by atoms with van der Waals surface area (Å²) in [5, 5.41) is 12.1. The van der Waals surface area contributed by atoms with E-state index in [-0.39, 0.29) is 5.75 Å². The van der Waals surface area contributed by atoms with E-state index in [0.29, 0.717) is 17.8 Å². The molecule has 0 amide bonds. The van der Waals surface area contributed by atoms with Gasteiger partial charge in [0.05, 0.1) is 22.9 Å². The fourth-order valence-electron chi connectivity index (χ4n) is 4.92. The molecule has 3 heterocycles. The van der Waals surface area contributed by atoms with E-state index in [1.807, 2.05) is 24.5 Å². The van der Waals surface area contributed by atoms with Crippen molar-refractivity contribution in [2.75, 3.05) is 0 Å². The number of hydrogen-bond acceptors (Lipinski definition) is 3. The molecule has 0 bridgehead atoms. The summed E-state index contributed by atoms with van der Waals surface area (Å²) < 4.78 is 2.23. The number of pyridine rings is 2. The predicted octanol–water partition coefficient (Wildman–Crippen LogP) is 7.78. The first kappa shape index (κ1) is 21.4. The van der Waals surface area contributed by atoms with Gasteiger partial charge in [0, 0.05) is 22.5 Å². The number of hydrogen-bond donors (Lipinski definition) is 1. The van der Waals surface area contributed by atoms with Crippen LogP contribution in [0.15, 0.2) is 54.9 Å². The Morgan fingerprint density at radius 3 is 2.12 bits per heavy atom. The number of phenolic OH excluding ortho intramolecular Hbond substituents is 1. The zero-order valence-corrected chi connectivity index (χ0v) is 20.2. The Bertz CT molecular complexity index is 1480. The van der Waals surface area contributed by atoms with Crippen molar-refractivity contribution in [3.63, 3.8) is 0 Å². The molecule has 0 aliphatic rings. The lowest BCUT2D eigenvalue weighted by Gasteiger charge is -2.23. The number of imidazole rings is 1. The summed E-state index contributed by atoms with van der Waals surface area (Å²) in [7, 11) is 0. The van der Waals surface area contributed by atoms with E-state index in [1.165, 1.54) is 22.3 Å². The van der Waals surface area contributed by atoms with Crippen LogP contribution in [-0.4, -0.2) is 19.5 Å². The minimum Gasteiger partial charge on any atom is -0.508 e. The van der Waals surface area contributed by atoms with Crippen molar-refractivity contribution in [1.82, 2.24) is 14.4 Å². The second kappa shape index (κ2) is 7.87. The van der Waals surface area contributed by atoms with Gasteiger partial charge in [-0.25, -0.2) is 4.98 Å². The number of aromatic hydroxyl groups is 1. The van der Waals surface area contributed by atoms with Crippen LogP contribution >= 0.6 is 0 Å². The molecular weight excluding hydrogens is 406 g/mol. The molecule has 33 heavy (non-hydrogen) atoms. The summed E-state index contributed by atoms with van der Waals surface area (Å²) in [6.07, 6.45) is 3.82. The molecule has 0 aliphatic carbocycles. The average molecular weight is 438 g/mol. The van der Waals surface area contributed by atoms with Crippen LogP contribution in [0.4, 0.5) is 0 Å². The highest BCUT2D eigenvalue weighted by Gasteiger charge is 2.23. The summed E-state index contributed by atoms with van der Waals surface area (Å²) in [5.41, 5.74) is 9.19. The number of aromatic nitrogens is 3. The van der Waals surface area contributed by atoms with E-state index >= 15 is 0 Å². The SMILES string of the molecule is CC(C)c1cc(C(C)C)c(-c2cnc3c4cc(O)ccc4c4ncccc4n23)c(C(C)C)c1. The second-order valence-corrected chi connectivity index (χ2v) is 9.94. The summed E-state index contributed by atoms with van der Waals surface area (Å²) in [6.45, 7) is 13.6. The van der Waals surface area contributed by atoms with Crippen LogP contribution in [-0.2, 0) is 0 Å². The lowest BCUT2D eigenvalue weighted by Crippen LogP contribution is -2.05. The summed E-state index contributed by atoms with van der Waals surface area (Å²) in [5.74, 6) is 1.44. The smallest absolute Gasteiger partial charge is 0.145 e. The Hall–Kier alpha value is -3.40. The van der Waals surface area contributed by atoms with Crippen LogP contribution in [0.25, 0.3) is 38.7 Å². The Labute approximate surface area is 194 Å². The second-order valence-electron chi connectivity index (χ2n) is 9.94. The van der Waals surface area contributed by atoms with Gasteiger partial charge in [0.25, 0.3) is 0 Å². The monoisotopic (exact) mass is 437 g/mol. The third kappa shape index (κ3) is 3.36. The Balaban J connectivity index is 1.98. The summed E-state index contributed by atoms with van der Waals surface area (Å²) in [6, 6.07) is 14.3. The number of phenols is 1. The van der Waals surface area contributed by atoms with Gasteiger partial charge in [-0.1, -0.05) is 53.7 Å². The van der Waals surface area contributed by atoms with Gasteiger partial charge in [-0.15, -0.1) is 0 Å². The van der Waals surface area contributed by atoms with Gasteiger partial charge in [0.2, 0.25) is 0 Å². The average Bonchev–Trinajstić information content (AvgIpc) is 3.23. The van der Waals surface area contributed by atoms with Crippen molar-refractivity contribution in [1.29, 1.82) is 0 Å². The lowest BCUT2D eigenvalue weighted by atomic mass is 9.83. The van der Waals surface area contributed by atoms with Crippen molar-refractivity contribution in [2.45, 2.75) is 59.3 Å². The molecule has 5 aromatic rings. The molecule has 0 aliphatic heterocycles. The summed E-state index contributed by atoms with van der Waals surface area (Å²) >= 11 is 0. The number of benzene rings is 2. The van der Waals surface area contributed by atoms with Gasteiger partial charge in [0.15, 0.2) is 0 Å². The quantitative estimate of drug-likeness (QED) is 0.292. The molecule has 168 valence electrons. The standard InChI is InChI=1S/C29H31N3O/c1-16(2)19-12-22(17(3)4)27(23(13-19)18(5)6)26-15-31-29-24-14-20(33)9-10-21(24)28-25(32(26)29)8-7-11-30-28/h7-18,33H,1-6H3. The normalized spacial score (nSPS) is 12.3. The Kier molecular flexibility index (Phi) is 5.12. The van der Waals surface area contributed by atoms with Gasteiger partial charge < -0.3 is 5.11 Å². The first-order valence-corrected chi connectivity index (χ1v) is 11.8. The molecule has 0 saturated heterocycles. The first-order chi connectivity index (χ1) is 15.8. The van der Waals surface area contributed by atoms with Crippen molar-refractivity contribution in [3.8, 4) is 17.0 Å². The van der Waals surface area contributed by atoms with Gasteiger partial charge >= 0.3 is 0 Å².